The third-order valence-corrected chi connectivity index (χ3v) is 7.72. The van der Waals surface area contributed by atoms with Crippen LogP contribution in [0.2, 0.25) is 0 Å². The fourth-order valence-electron chi connectivity index (χ4n) is 5.98. The summed E-state index contributed by atoms with van der Waals surface area (Å²) in [4.78, 5) is 16.9. The van der Waals surface area contributed by atoms with Crippen LogP contribution < -0.4 is 4.74 Å². The summed E-state index contributed by atoms with van der Waals surface area (Å²) >= 11 is 0. The fourth-order valence-corrected chi connectivity index (χ4v) is 5.98. The van der Waals surface area contributed by atoms with Crippen molar-refractivity contribution in [1.82, 2.24) is 9.80 Å². The van der Waals surface area contributed by atoms with Gasteiger partial charge in [-0.05, 0) is 80.9 Å². The number of hydrogen-bond donors (Lipinski definition) is 0. The first-order chi connectivity index (χ1) is 17.1. The molecule has 2 aromatic carbocycles. The summed E-state index contributed by atoms with van der Waals surface area (Å²) < 4.78 is 5.83. The van der Waals surface area contributed by atoms with Gasteiger partial charge in [0, 0.05) is 20.0 Å². The molecule has 2 aliphatic heterocycles. The van der Waals surface area contributed by atoms with Gasteiger partial charge in [-0.1, -0.05) is 30.3 Å². The number of piperidine rings is 1. The van der Waals surface area contributed by atoms with E-state index in [-0.39, 0.29) is 17.9 Å². The van der Waals surface area contributed by atoms with Crippen molar-refractivity contribution in [1.29, 1.82) is 10.5 Å². The number of rotatable bonds is 8. The SMILES string of the molecule is CC(=O)N1CCCC1C(C#N)(c1ccccc1)C1CCN(CCCOc2ccc(C#N)cc2)CC1. The highest BCUT2D eigenvalue weighted by atomic mass is 16.5. The first-order valence-corrected chi connectivity index (χ1v) is 12.7. The van der Waals surface area contributed by atoms with E-state index in [4.69, 9.17) is 10.00 Å². The second kappa shape index (κ2) is 11.4. The van der Waals surface area contributed by atoms with Gasteiger partial charge < -0.3 is 14.5 Å². The Morgan fingerprint density at radius 3 is 2.37 bits per heavy atom. The highest BCUT2D eigenvalue weighted by molar-refractivity contribution is 5.74. The van der Waals surface area contributed by atoms with Crippen molar-refractivity contribution in [3.63, 3.8) is 0 Å². The molecule has 0 aliphatic carbocycles. The van der Waals surface area contributed by atoms with E-state index in [0.29, 0.717) is 12.2 Å². The van der Waals surface area contributed by atoms with Crippen molar-refractivity contribution in [2.24, 2.45) is 5.92 Å². The fraction of sp³-hybridized carbons (Fsp3) is 0.483. The van der Waals surface area contributed by atoms with Gasteiger partial charge in [0.2, 0.25) is 5.91 Å². The summed E-state index contributed by atoms with van der Waals surface area (Å²) in [5.41, 5.74) is 1.01. The first kappa shape index (κ1) is 24.8. The lowest BCUT2D eigenvalue weighted by Crippen LogP contribution is -2.54. The first-order valence-electron chi connectivity index (χ1n) is 12.7. The Kier molecular flexibility index (Phi) is 8.06. The van der Waals surface area contributed by atoms with Crippen LogP contribution in [0.3, 0.4) is 0 Å². The van der Waals surface area contributed by atoms with Crippen LogP contribution in [0.4, 0.5) is 0 Å². The lowest BCUT2D eigenvalue weighted by Gasteiger charge is -2.46. The molecule has 0 spiro atoms. The number of hydrogen-bond acceptors (Lipinski definition) is 5. The Morgan fingerprint density at radius 1 is 1.03 bits per heavy atom. The number of nitriles is 2. The molecule has 2 atom stereocenters. The molecule has 0 aromatic heterocycles. The summed E-state index contributed by atoms with van der Waals surface area (Å²) in [6.07, 6.45) is 4.66. The molecule has 4 rings (SSSR count). The molecule has 0 bridgehead atoms. The zero-order valence-electron chi connectivity index (χ0n) is 20.5. The quantitative estimate of drug-likeness (QED) is 0.530. The maximum Gasteiger partial charge on any atom is 0.219 e. The van der Waals surface area contributed by atoms with Crippen LogP contribution in [0.15, 0.2) is 54.6 Å². The number of carbonyl (C=O) groups excluding carboxylic acids is 1. The van der Waals surface area contributed by atoms with Crippen LogP contribution in [0.25, 0.3) is 0 Å². The van der Waals surface area contributed by atoms with E-state index in [2.05, 4.69) is 29.2 Å². The maximum absolute atomic E-state index is 12.4. The highest BCUT2D eigenvalue weighted by Gasteiger charge is 2.52. The smallest absolute Gasteiger partial charge is 0.219 e. The molecule has 35 heavy (non-hydrogen) atoms. The van der Waals surface area contributed by atoms with Crippen LogP contribution in [0, 0.1) is 28.6 Å². The second-order valence-corrected chi connectivity index (χ2v) is 9.67. The van der Waals surface area contributed by atoms with E-state index < -0.39 is 5.41 Å². The molecule has 0 radical (unpaired) electrons. The van der Waals surface area contributed by atoms with Gasteiger partial charge in [-0.15, -0.1) is 0 Å². The number of benzene rings is 2. The summed E-state index contributed by atoms with van der Waals surface area (Å²) in [7, 11) is 0. The number of carbonyl (C=O) groups is 1. The average Bonchev–Trinajstić information content (AvgIpc) is 3.40. The standard InChI is InChI=1S/C29H34N4O2/c1-23(34)33-17-5-9-28(33)29(22-31,25-7-3-2-4-8-25)26-14-18-32(19-15-26)16-6-20-35-27-12-10-24(21-30)11-13-27/h2-4,7-8,10-13,26,28H,5-6,9,14-20H2,1H3. The molecule has 2 saturated heterocycles. The van der Waals surface area contributed by atoms with Crippen LogP contribution >= 0.6 is 0 Å². The van der Waals surface area contributed by atoms with Crippen LogP contribution in [-0.2, 0) is 10.2 Å². The molecule has 0 saturated carbocycles. The monoisotopic (exact) mass is 470 g/mol. The Labute approximate surface area is 208 Å². The summed E-state index contributed by atoms with van der Waals surface area (Å²) in [6.45, 7) is 5.86. The summed E-state index contributed by atoms with van der Waals surface area (Å²) in [5, 5.41) is 19.6. The minimum absolute atomic E-state index is 0.0650. The lowest BCUT2D eigenvalue weighted by molar-refractivity contribution is -0.131. The van der Waals surface area contributed by atoms with E-state index in [9.17, 15) is 10.1 Å². The van der Waals surface area contributed by atoms with E-state index in [1.54, 1.807) is 19.1 Å². The van der Waals surface area contributed by atoms with Crippen LogP contribution in [0.1, 0.15) is 50.2 Å². The van der Waals surface area contributed by atoms with Crippen molar-refractivity contribution in [3.8, 4) is 17.9 Å². The Bertz CT molecular complexity index is 1060. The van der Waals surface area contributed by atoms with E-state index in [1.165, 1.54) is 0 Å². The van der Waals surface area contributed by atoms with Gasteiger partial charge >= 0.3 is 0 Å². The number of nitrogens with zero attached hydrogens (tertiary/aromatic N) is 4. The lowest BCUT2D eigenvalue weighted by atomic mass is 9.62. The minimum Gasteiger partial charge on any atom is -0.494 e. The molecule has 2 aliphatic rings. The molecular weight excluding hydrogens is 436 g/mol. The van der Waals surface area contributed by atoms with Crippen molar-refractivity contribution >= 4 is 5.91 Å². The summed E-state index contributed by atoms with van der Waals surface area (Å²) in [5.74, 6) is 1.07. The van der Waals surface area contributed by atoms with Crippen molar-refractivity contribution in [2.75, 3.05) is 32.8 Å². The maximum atomic E-state index is 12.4. The molecule has 2 heterocycles. The van der Waals surface area contributed by atoms with Gasteiger partial charge in [0.05, 0.1) is 30.4 Å². The van der Waals surface area contributed by atoms with Crippen LogP contribution in [-0.4, -0.2) is 54.5 Å². The van der Waals surface area contributed by atoms with E-state index in [1.807, 2.05) is 35.2 Å². The zero-order valence-corrected chi connectivity index (χ0v) is 20.5. The predicted octanol–water partition coefficient (Wildman–Crippen LogP) is 4.51. The molecule has 182 valence electrons. The number of amides is 1. The van der Waals surface area contributed by atoms with Gasteiger partial charge in [0.25, 0.3) is 0 Å². The minimum atomic E-state index is -0.672. The molecular formula is C29H34N4O2. The topological polar surface area (TPSA) is 80.4 Å². The third kappa shape index (κ3) is 5.34. The molecule has 2 unspecified atom stereocenters. The second-order valence-electron chi connectivity index (χ2n) is 9.67. The Hall–Kier alpha value is -3.35. The predicted molar refractivity (Wildman–Crippen MR) is 135 cm³/mol. The Balaban J connectivity index is 1.38. The van der Waals surface area contributed by atoms with E-state index in [0.717, 1.165) is 69.6 Å². The molecule has 0 N–H and O–H groups in total. The molecule has 2 aromatic rings. The third-order valence-electron chi connectivity index (χ3n) is 7.72. The van der Waals surface area contributed by atoms with E-state index >= 15 is 0 Å². The van der Waals surface area contributed by atoms with Gasteiger partial charge in [-0.3, -0.25) is 4.79 Å². The van der Waals surface area contributed by atoms with Gasteiger partial charge in [-0.2, -0.15) is 10.5 Å². The van der Waals surface area contributed by atoms with Crippen LogP contribution in [0.5, 0.6) is 5.75 Å². The number of likely N-dealkylation sites (tertiary alicyclic amines) is 2. The average molecular weight is 471 g/mol. The van der Waals surface area contributed by atoms with Crippen molar-refractivity contribution in [2.45, 2.75) is 50.5 Å². The van der Waals surface area contributed by atoms with Gasteiger partial charge in [-0.25, -0.2) is 0 Å². The molecule has 2 fully saturated rings. The largest absolute Gasteiger partial charge is 0.494 e. The zero-order chi connectivity index (χ0) is 24.7. The highest BCUT2D eigenvalue weighted by Crippen LogP contribution is 2.46. The van der Waals surface area contributed by atoms with Gasteiger partial charge in [0.1, 0.15) is 11.2 Å². The number of ether oxygens (including phenoxy) is 1. The molecule has 6 heteroatoms. The Morgan fingerprint density at radius 2 is 1.74 bits per heavy atom. The molecule has 6 nitrogen and oxygen atoms in total. The summed E-state index contributed by atoms with van der Waals surface area (Å²) in [6, 6.07) is 22.2. The van der Waals surface area contributed by atoms with Crippen molar-refractivity contribution < 1.29 is 9.53 Å². The van der Waals surface area contributed by atoms with Crippen molar-refractivity contribution in [3.05, 3.63) is 65.7 Å². The molecule has 1 amide bonds. The normalized spacial score (nSPS) is 20.5. The van der Waals surface area contributed by atoms with Gasteiger partial charge in [0.15, 0.2) is 0 Å².